The predicted molar refractivity (Wildman–Crippen MR) is 340 cm³/mol. The van der Waals surface area contributed by atoms with Gasteiger partial charge in [0.1, 0.15) is 13.2 Å². The van der Waals surface area contributed by atoms with Crippen molar-refractivity contribution < 1.29 is 28.6 Å². The highest BCUT2D eigenvalue weighted by Crippen LogP contribution is 2.20. The van der Waals surface area contributed by atoms with Crippen LogP contribution in [0.4, 0.5) is 0 Å². The number of ether oxygens (including phenoxy) is 3. The lowest BCUT2D eigenvalue weighted by molar-refractivity contribution is -0.167. The molecule has 0 aromatic heterocycles. The second kappa shape index (κ2) is 67.9. The number of carbonyl (C=O) groups is 3. The molecule has 0 aliphatic heterocycles. The highest BCUT2D eigenvalue weighted by Gasteiger charge is 2.20. The molecule has 6 heteroatoms. The van der Waals surface area contributed by atoms with Gasteiger partial charge in [0.2, 0.25) is 0 Å². The number of hydrogen-bond donors (Lipinski definition) is 0. The molecule has 0 rings (SSSR count). The molecule has 1 atom stereocenters. The van der Waals surface area contributed by atoms with Gasteiger partial charge in [-0.25, -0.2) is 0 Å². The van der Waals surface area contributed by atoms with E-state index in [1.807, 2.05) is 0 Å². The maximum absolute atomic E-state index is 13.0. The Bertz CT molecular complexity index is 1170. The largest absolute Gasteiger partial charge is 0.462 e. The summed E-state index contributed by atoms with van der Waals surface area (Å²) < 4.78 is 17.0. The quantitative estimate of drug-likeness (QED) is 0.0343. The van der Waals surface area contributed by atoms with Crippen LogP contribution in [0.2, 0.25) is 0 Å². The molecule has 0 N–H and O–H groups in total. The normalized spacial score (nSPS) is 11.9. The summed E-state index contributed by atoms with van der Waals surface area (Å²) >= 11 is 0. The SMILES string of the molecule is CCCCCCCCCCCCCCCCCCCCCCCCCCCC(=O)OCC(COC(=O)CCCCCCCCCCCCCCCCC)OC(=O)CCCCCCCCCCCCCCCCCCCCCC. The van der Waals surface area contributed by atoms with Gasteiger partial charge in [-0.05, 0) is 19.3 Å². The second-order valence-corrected chi connectivity index (χ2v) is 24.9. The fourth-order valence-electron chi connectivity index (χ4n) is 11.5. The van der Waals surface area contributed by atoms with Gasteiger partial charge in [0, 0.05) is 19.3 Å². The molecule has 0 saturated carbocycles. The maximum Gasteiger partial charge on any atom is 0.306 e. The lowest BCUT2D eigenvalue weighted by Gasteiger charge is -2.18. The third-order valence-corrected chi connectivity index (χ3v) is 16.9. The Morgan fingerprint density at radius 2 is 0.346 bits per heavy atom. The summed E-state index contributed by atoms with van der Waals surface area (Å²) in [6.45, 7) is 6.75. The van der Waals surface area contributed by atoms with Crippen molar-refractivity contribution in [3.63, 3.8) is 0 Å². The summed E-state index contributed by atoms with van der Waals surface area (Å²) in [4.78, 5) is 38.5. The van der Waals surface area contributed by atoms with Crippen LogP contribution in [-0.4, -0.2) is 37.2 Å². The average Bonchev–Trinajstić information content (AvgIpc) is 3.44. The molecule has 0 heterocycles. The molecular weight excluding hydrogens is 961 g/mol. The topological polar surface area (TPSA) is 78.9 Å². The van der Waals surface area contributed by atoms with Crippen molar-refractivity contribution in [3.05, 3.63) is 0 Å². The third-order valence-electron chi connectivity index (χ3n) is 16.9. The Balaban J connectivity index is 4.21. The van der Waals surface area contributed by atoms with Crippen LogP contribution in [0.15, 0.2) is 0 Å². The highest BCUT2D eigenvalue weighted by atomic mass is 16.6. The van der Waals surface area contributed by atoms with Gasteiger partial charge in [-0.15, -0.1) is 0 Å². The van der Waals surface area contributed by atoms with E-state index in [2.05, 4.69) is 20.8 Å². The predicted octanol–water partition coefficient (Wildman–Crippen LogP) is 24.6. The first-order valence-electron chi connectivity index (χ1n) is 36.0. The lowest BCUT2D eigenvalue weighted by atomic mass is 10.0. The summed E-state index contributed by atoms with van der Waals surface area (Å²) in [5.74, 6) is -0.818. The van der Waals surface area contributed by atoms with E-state index in [0.717, 1.165) is 57.8 Å². The minimum Gasteiger partial charge on any atom is -0.462 e. The molecule has 0 radical (unpaired) electrons. The molecule has 0 saturated heterocycles. The van der Waals surface area contributed by atoms with Crippen molar-refractivity contribution in [2.75, 3.05) is 13.2 Å². The third kappa shape index (κ3) is 65.2. The van der Waals surface area contributed by atoms with Gasteiger partial charge in [-0.1, -0.05) is 387 Å². The first-order valence-corrected chi connectivity index (χ1v) is 36.0. The lowest BCUT2D eigenvalue weighted by Crippen LogP contribution is -2.30. The van der Waals surface area contributed by atoms with Gasteiger partial charge in [0.05, 0.1) is 0 Å². The van der Waals surface area contributed by atoms with E-state index < -0.39 is 6.10 Å². The van der Waals surface area contributed by atoms with Gasteiger partial charge in [-0.3, -0.25) is 14.4 Å². The van der Waals surface area contributed by atoms with E-state index in [9.17, 15) is 14.4 Å². The van der Waals surface area contributed by atoms with Crippen molar-refractivity contribution in [1.29, 1.82) is 0 Å². The first kappa shape index (κ1) is 76.4. The molecule has 0 spiro atoms. The molecule has 0 aromatic carbocycles. The van der Waals surface area contributed by atoms with Crippen LogP contribution < -0.4 is 0 Å². The second-order valence-electron chi connectivity index (χ2n) is 24.9. The summed E-state index contributed by atoms with van der Waals surface area (Å²) in [7, 11) is 0. The molecule has 0 aromatic rings. The number of unbranched alkanes of at least 4 members (excludes halogenated alkanes) is 57. The van der Waals surface area contributed by atoms with E-state index in [4.69, 9.17) is 14.2 Å². The van der Waals surface area contributed by atoms with Gasteiger partial charge < -0.3 is 14.2 Å². The van der Waals surface area contributed by atoms with E-state index in [-0.39, 0.29) is 31.1 Å². The number of rotatable bonds is 68. The molecule has 1 unspecified atom stereocenters. The molecule has 78 heavy (non-hydrogen) atoms. The zero-order chi connectivity index (χ0) is 56.4. The fourth-order valence-corrected chi connectivity index (χ4v) is 11.5. The Morgan fingerprint density at radius 1 is 0.205 bits per heavy atom. The van der Waals surface area contributed by atoms with Gasteiger partial charge in [-0.2, -0.15) is 0 Å². The van der Waals surface area contributed by atoms with Crippen molar-refractivity contribution in [1.82, 2.24) is 0 Å². The number of carbonyl (C=O) groups excluding carboxylic acids is 3. The molecule has 0 fully saturated rings. The Labute approximate surface area is 488 Å². The van der Waals surface area contributed by atoms with E-state index in [1.54, 1.807) is 0 Å². The number of esters is 3. The maximum atomic E-state index is 13.0. The zero-order valence-electron chi connectivity index (χ0n) is 53.5. The van der Waals surface area contributed by atoms with Crippen molar-refractivity contribution in [2.45, 2.75) is 431 Å². The Morgan fingerprint density at radius 3 is 0.513 bits per heavy atom. The van der Waals surface area contributed by atoms with E-state index >= 15 is 0 Å². The van der Waals surface area contributed by atoms with Crippen LogP contribution >= 0.6 is 0 Å². The van der Waals surface area contributed by atoms with Crippen molar-refractivity contribution >= 4 is 17.9 Å². The van der Waals surface area contributed by atoms with Crippen LogP contribution in [0, 0.1) is 0 Å². The van der Waals surface area contributed by atoms with Crippen LogP contribution in [0.3, 0.4) is 0 Å². The standard InChI is InChI=1S/C72H140O6/c1-4-7-10-13-16-19-22-25-28-30-32-34-35-36-37-38-40-41-44-47-50-53-56-59-62-65-71(74)77-68-69(67-76-70(73)64-61-58-55-52-49-46-43-27-24-21-18-15-12-9-6-3)78-72(75)66-63-60-57-54-51-48-45-42-39-33-31-29-26-23-20-17-14-11-8-5-2/h69H,4-68H2,1-3H3. The summed E-state index contributed by atoms with van der Waals surface area (Å²) in [5, 5.41) is 0. The minimum absolute atomic E-state index is 0.0600. The van der Waals surface area contributed by atoms with Crippen LogP contribution in [0.1, 0.15) is 425 Å². The zero-order valence-corrected chi connectivity index (χ0v) is 53.5. The van der Waals surface area contributed by atoms with E-state index in [1.165, 1.54) is 327 Å². The number of hydrogen-bond acceptors (Lipinski definition) is 6. The molecule has 0 bridgehead atoms. The molecule has 0 amide bonds. The fraction of sp³-hybridized carbons (Fsp3) is 0.958. The minimum atomic E-state index is -0.763. The van der Waals surface area contributed by atoms with Crippen molar-refractivity contribution in [2.24, 2.45) is 0 Å². The van der Waals surface area contributed by atoms with Gasteiger partial charge >= 0.3 is 17.9 Å². The smallest absolute Gasteiger partial charge is 0.306 e. The van der Waals surface area contributed by atoms with Gasteiger partial charge in [0.25, 0.3) is 0 Å². The van der Waals surface area contributed by atoms with Crippen LogP contribution in [0.5, 0.6) is 0 Å². The molecule has 0 aliphatic rings. The van der Waals surface area contributed by atoms with Crippen molar-refractivity contribution in [3.8, 4) is 0 Å². The summed E-state index contributed by atoms with van der Waals surface area (Å²) in [6, 6.07) is 0. The summed E-state index contributed by atoms with van der Waals surface area (Å²) in [6.07, 6.45) is 79.9. The van der Waals surface area contributed by atoms with Gasteiger partial charge in [0.15, 0.2) is 6.10 Å². The van der Waals surface area contributed by atoms with Crippen LogP contribution in [-0.2, 0) is 28.6 Å². The van der Waals surface area contributed by atoms with E-state index in [0.29, 0.717) is 19.3 Å². The Hall–Kier alpha value is -1.59. The summed E-state index contributed by atoms with van der Waals surface area (Å²) in [5.41, 5.74) is 0. The molecule has 6 nitrogen and oxygen atoms in total. The van der Waals surface area contributed by atoms with Crippen LogP contribution in [0.25, 0.3) is 0 Å². The average molecular weight is 1100 g/mol. The Kier molecular flexibility index (Phi) is 66.5. The molecular formula is C72H140O6. The highest BCUT2D eigenvalue weighted by molar-refractivity contribution is 5.71. The monoisotopic (exact) mass is 1100 g/mol. The first-order chi connectivity index (χ1) is 38.5. The molecule has 464 valence electrons. The molecule has 0 aliphatic carbocycles.